The van der Waals surface area contributed by atoms with Crippen molar-refractivity contribution in [3.8, 4) is 0 Å². The first-order valence-electron chi connectivity index (χ1n) is 7.69. The summed E-state index contributed by atoms with van der Waals surface area (Å²) in [5.74, 6) is 1.15. The maximum absolute atomic E-state index is 4.60. The van der Waals surface area contributed by atoms with Gasteiger partial charge in [-0.15, -0.1) is 11.3 Å². The summed E-state index contributed by atoms with van der Waals surface area (Å²) in [5, 5.41) is 3.61. The minimum Gasteiger partial charge on any atom is -0.334 e. The number of aryl methyl sites for hydroxylation is 3. The van der Waals surface area contributed by atoms with Crippen molar-refractivity contribution in [1.29, 1.82) is 0 Å². The van der Waals surface area contributed by atoms with E-state index in [1.54, 1.807) is 10.4 Å². The zero-order valence-electron chi connectivity index (χ0n) is 12.4. The molecular formula is C16H23N3S. The Morgan fingerprint density at radius 1 is 1.35 bits per heavy atom. The zero-order valence-corrected chi connectivity index (χ0v) is 13.2. The van der Waals surface area contributed by atoms with Gasteiger partial charge in [-0.25, -0.2) is 4.98 Å². The predicted octanol–water partition coefficient (Wildman–Crippen LogP) is 3.54. The Labute approximate surface area is 125 Å². The predicted molar refractivity (Wildman–Crippen MR) is 84.4 cm³/mol. The number of thiophene rings is 1. The number of rotatable bonds is 5. The van der Waals surface area contributed by atoms with Gasteiger partial charge in [-0.3, -0.25) is 0 Å². The number of hydrogen-bond acceptors (Lipinski definition) is 3. The van der Waals surface area contributed by atoms with Crippen LogP contribution in [0, 0.1) is 0 Å². The second-order valence-electron chi connectivity index (χ2n) is 5.37. The van der Waals surface area contributed by atoms with E-state index >= 15 is 0 Å². The van der Waals surface area contributed by atoms with E-state index in [0.29, 0.717) is 0 Å². The molecule has 0 saturated heterocycles. The molecule has 1 aliphatic carbocycles. The van der Waals surface area contributed by atoms with Gasteiger partial charge < -0.3 is 9.88 Å². The van der Waals surface area contributed by atoms with Gasteiger partial charge in [0.15, 0.2) is 0 Å². The molecule has 0 aromatic carbocycles. The van der Waals surface area contributed by atoms with Crippen LogP contribution in [-0.2, 0) is 19.4 Å². The molecule has 0 fully saturated rings. The van der Waals surface area contributed by atoms with E-state index in [4.69, 9.17) is 0 Å². The average molecular weight is 289 g/mol. The Kier molecular flexibility index (Phi) is 4.22. The van der Waals surface area contributed by atoms with Crippen LogP contribution >= 0.6 is 11.3 Å². The molecule has 0 aliphatic heterocycles. The van der Waals surface area contributed by atoms with Crippen LogP contribution in [0.5, 0.6) is 0 Å². The number of fused-ring (bicyclic) bond motifs is 1. The molecule has 2 aromatic rings. The lowest BCUT2D eigenvalue weighted by Crippen LogP contribution is -2.24. The van der Waals surface area contributed by atoms with Crippen molar-refractivity contribution in [1.82, 2.24) is 14.9 Å². The van der Waals surface area contributed by atoms with E-state index in [0.717, 1.165) is 18.9 Å². The molecule has 3 nitrogen and oxygen atoms in total. The fourth-order valence-corrected chi connectivity index (χ4v) is 4.36. The van der Waals surface area contributed by atoms with Crippen LogP contribution in [0.25, 0.3) is 0 Å². The molecule has 0 spiro atoms. The van der Waals surface area contributed by atoms with Crippen LogP contribution in [-0.4, -0.2) is 16.1 Å². The Balaban J connectivity index is 1.96. The highest BCUT2D eigenvalue weighted by Gasteiger charge is 2.22. The summed E-state index contributed by atoms with van der Waals surface area (Å²) < 4.78 is 2.24. The van der Waals surface area contributed by atoms with Gasteiger partial charge in [-0.05, 0) is 50.8 Å². The van der Waals surface area contributed by atoms with Gasteiger partial charge in [0.25, 0.3) is 0 Å². The smallest absolute Gasteiger partial charge is 0.131 e. The molecule has 108 valence electrons. The highest BCUT2D eigenvalue weighted by Crippen LogP contribution is 2.34. The third kappa shape index (κ3) is 2.54. The molecule has 4 heteroatoms. The van der Waals surface area contributed by atoms with Gasteiger partial charge in [-0.2, -0.15) is 0 Å². The van der Waals surface area contributed by atoms with Crippen LogP contribution in [0.2, 0.25) is 0 Å². The zero-order chi connectivity index (χ0) is 13.9. The summed E-state index contributed by atoms with van der Waals surface area (Å²) in [4.78, 5) is 7.63. The minimum absolute atomic E-state index is 0.241. The molecule has 1 N–H and O–H groups in total. The molecule has 20 heavy (non-hydrogen) atoms. The minimum atomic E-state index is 0.241. The SMILES string of the molecule is CCNC(c1cc2c(s1)CCCC2)c1nccn1CC. The number of hydrogen-bond donors (Lipinski definition) is 1. The van der Waals surface area contributed by atoms with E-state index in [9.17, 15) is 0 Å². The van der Waals surface area contributed by atoms with Gasteiger partial charge in [0.05, 0.1) is 0 Å². The molecule has 3 rings (SSSR count). The fraction of sp³-hybridized carbons (Fsp3) is 0.562. The van der Waals surface area contributed by atoms with Crippen LogP contribution in [0.4, 0.5) is 0 Å². The third-order valence-electron chi connectivity index (χ3n) is 4.05. The molecular weight excluding hydrogens is 266 g/mol. The molecule has 0 saturated carbocycles. The molecule has 1 unspecified atom stereocenters. The van der Waals surface area contributed by atoms with Crippen molar-refractivity contribution in [3.63, 3.8) is 0 Å². The van der Waals surface area contributed by atoms with Crippen molar-refractivity contribution in [2.24, 2.45) is 0 Å². The van der Waals surface area contributed by atoms with Crippen molar-refractivity contribution < 1.29 is 0 Å². The summed E-state index contributed by atoms with van der Waals surface area (Å²) in [6.45, 7) is 6.28. The van der Waals surface area contributed by atoms with Gasteiger partial charge in [-0.1, -0.05) is 6.92 Å². The number of imidazole rings is 1. The first-order chi connectivity index (χ1) is 9.83. The van der Waals surface area contributed by atoms with Crippen molar-refractivity contribution in [2.45, 2.75) is 52.1 Å². The van der Waals surface area contributed by atoms with E-state index in [-0.39, 0.29) is 6.04 Å². The van der Waals surface area contributed by atoms with Crippen molar-refractivity contribution in [2.75, 3.05) is 6.54 Å². The number of nitrogens with one attached hydrogen (secondary N) is 1. The maximum Gasteiger partial charge on any atom is 0.131 e. The molecule has 1 aliphatic rings. The lowest BCUT2D eigenvalue weighted by molar-refractivity contribution is 0.565. The van der Waals surface area contributed by atoms with Crippen LogP contribution < -0.4 is 5.32 Å². The Hall–Kier alpha value is -1.13. The van der Waals surface area contributed by atoms with Crippen LogP contribution in [0.15, 0.2) is 18.5 Å². The Morgan fingerprint density at radius 2 is 2.20 bits per heavy atom. The van der Waals surface area contributed by atoms with E-state index in [1.807, 2.05) is 17.5 Å². The third-order valence-corrected chi connectivity index (χ3v) is 5.36. The lowest BCUT2D eigenvalue weighted by atomic mass is 9.99. The first-order valence-corrected chi connectivity index (χ1v) is 8.51. The summed E-state index contributed by atoms with van der Waals surface area (Å²) in [6, 6.07) is 2.66. The first kappa shape index (κ1) is 13.8. The fourth-order valence-electron chi connectivity index (χ4n) is 3.03. The quantitative estimate of drug-likeness (QED) is 0.912. The maximum atomic E-state index is 4.60. The Bertz CT molecular complexity index is 547. The normalized spacial score (nSPS) is 16.1. The average Bonchev–Trinajstić information content (AvgIpc) is 3.10. The highest BCUT2D eigenvalue weighted by molar-refractivity contribution is 7.12. The number of aromatic nitrogens is 2. The summed E-state index contributed by atoms with van der Waals surface area (Å²) >= 11 is 1.98. The van der Waals surface area contributed by atoms with Crippen molar-refractivity contribution >= 4 is 11.3 Å². The molecule has 0 bridgehead atoms. The van der Waals surface area contributed by atoms with Crippen molar-refractivity contribution in [3.05, 3.63) is 39.6 Å². The van der Waals surface area contributed by atoms with E-state index in [2.05, 4.69) is 41.0 Å². The second kappa shape index (κ2) is 6.10. The van der Waals surface area contributed by atoms with Gasteiger partial charge in [0.2, 0.25) is 0 Å². The largest absolute Gasteiger partial charge is 0.334 e. The van der Waals surface area contributed by atoms with Crippen LogP contribution in [0.1, 0.15) is 53.9 Å². The highest BCUT2D eigenvalue weighted by atomic mass is 32.1. The summed E-state index contributed by atoms with van der Waals surface area (Å²) in [5.41, 5.74) is 1.58. The van der Waals surface area contributed by atoms with Gasteiger partial charge in [0, 0.05) is 28.7 Å². The Morgan fingerprint density at radius 3 is 2.95 bits per heavy atom. The topological polar surface area (TPSA) is 29.9 Å². The molecule has 1 atom stereocenters. The second-order valence-corrected chi connectivity index (χ2v) is 6.53. The summed E-state index contributed by atoms with van der Waals surface area (Å²) in [6.07, 6.45) is 9.21. The molecule has 2 heterocycles. The molecule has 2 aromatic heterocycles. The lowest BCUT2D eigenvalue weighted by Gasteiger charge is -2.17. The number of nitrogens with zero attached hydrogens (tertiary/aromatic N) is 2. The standard InChI is InChI=1S/C16H23N3S/c1-3-17-15(16-18-9-10-19(16)4-2)14-11-12-7-5-6-8-13(12)20-14/h9-11,15,17H,3-8H2,1-2H3. The summed E-state index contributed by atoms with van der Waals surface area (Å²) in [7, 11) is 0. The van der Waals surface area contributed by atoms with Gasteiger partial charge >= 0.3 is 0 Å². The van der Waals surface area contributed by atoms with E-state index < -0.39 is 0 Å². The molecule has 0 radical (unpaired) electrons. The van der Waals surface area contributed by atoms with Gasteiger partial charge in [0.1, 0.15) is 11.9 Å². The monoisotopic (exact) mass is 289 g/mol. The molecule has 0 amide bonds. The van der Waals surface area contributed by atoms with E-state index in [1.165, 1.54) is 30.6 Å². The van der Waals surface area contributed by atoms with Crippen LogP contribution in [0.3, 0.4) is 0 Å².